The van der Waals surface area contributed by atoms with Crippen molar-refractivity contribution in [1.82, 2.24) is 4.90 Å². The van der Waals surface area contributed by atoms with Gasteiger partial charge in [0.15, 0.2) is 0 Å². The van der Waals surface area contributed by atoms with Crippen LogP contribution in [0.5, 0.6) is 0 Å². The van der Waals surface area contributed by atoms with Crippen molar-refractivity contribution >= 4 is 0 Å². The number of ether oxygens (including phenoxy) is 1. The Morgan fingerprint density at radius 2 is 1.67 bits per heavy atom. The third-order valence-corrected chi connectivity index (χ3v) is 2.13. The highest BCUT2D eigenvalue weighted by Gasteiger charge is 2.14. The van der Waals surface area contributed by atoms with E-state index in [2.05, 4.69) is 25.7 Å². The molecular formula is C10H21NO. The minimum atomic E-state index is 0.0114. The number of nitrogens with zero attached hydrogens (tertiary/aromatic N) is 1. The van der Waals surface area contributed by atoms with Crippen molar-refractivity contribution in [3.63, 3.8) is 0 Å². The summed E-state index contributed by atoms with van der Waals surface area (Å²) in [6.45, 7) is 9.57. The summed E-state index contributed by atoms with van der Waals surface area (Å²) in [5.74, 6) is 0. The molecule has 0 aliphatic carbocycles. The number of hydrogen-bond donors (Lipinski definition) is 0. The molecular weight excluding hydrogens is 150 g/mol. The van der Waals surface area contributed by atoms with Crippen LogP contribution in [0.15, 0.2) is 0 Å². The van der Waals surface area contributed by atoms with Crippen molar-refractivity contribution in [3.05, 3.63) is 0 Å². The van der Waals surface area contributed by atoms with Crippen molar-refractivity contribution in [2.75, 3.05) is 19.8 Å². The van der Waals surface area contributed by atoms with Crippen molar-refractivity contribution in [2.24, 2.45) is 0 Å². The standard InChI is InChI=1S/C10H21NO/c1-10(2,3)12-9-11-7-5-4-6-8-11/h4-9H2,1-3H3. The molecule has 2 heteroatoms. The minimum absolute atomic E-state index is 0.0114. The Hall–Kier alpha value is -0.0800. The van der Waals surface area contributed by atoms with Gasteiger partial charge in [0.05, 0.1) is 12.3 Å². The first kappa shape index (κ1) is 10.0. The van der Waals surface area contributed by atoms with Gasteiger partial charge in [-0.15, -0.1) is 0 Å². The fraction of sp³-hybridized carbons (Fsp3) is 1.00. The lowest BCUT2D eigenvalue weighted by molar-refractivity contribution is -0.0677. The largest absolute Gasteiger partial charge is 0.360 e. The van der Waals surface area contributed by atoms with E-state index >= 15 is 0 Å². The summed E-state index contributed by atoms with van der Waals surface area (Å²) < 4.78 is 5.69. The molecule has 0 radical (unpaired) electrons. The molecule has 0 spiro atoms. The van der Waals surface area contributed by atoms with Crippen LogP contribution in [0.1, 0.15) is 40.0 Å². The fourth-order valence-corrected chi connectivity index (χ4v) is 1.37. The molecule has 1 aliphatic rings. The quantitative estimate of drug-likeness (QED) is 0.632. The van der Waals surface area contributed by atoms with Crippen LogP contribution in [0.4, 0.5) is 0 Å². The van der Waals surface area contributed by atoms with Crippen LogP contribution in [0.3, 0.4) is 0 Å². The topological polar surface area (TPSA) is 12.5 Å². The average Bonchev–Trinajstić information content (AvgIpc) is 2.02. The molecule has 1 heterocycles. The maximum atomic E-state index is 5.69. The highest BCUT2D eigenvalue weighted by atomic mass is 16.5. The highest BCUT2D eigenvalue weighted by Crippen LogP contribution is 2.12. The molecule has 0 N–H and O–H groups in total. The van der Waals surface area contributed by atoms with Crippen molar-refractivity contribution in [3.8, 4) is 0 Å². The summed E-state index contributed by atoms with van der Waals surface area (Å²) >= 11 is 0. The first-order valence-corrected chi connectivity index (χ1v) is 4.94. The Labute approximate surface area is 75.9 Å². The van der Waals surface area contributed by atoms with Crippen LogP contribution in [-0.2, 0) is 4.74 Å². The molecule has 2 nitrogen and oxygen atoms in total. The van der Waals surface area contributed by atoms with Crippen molar-refractivity contribution in [2.45, 2.75) is 45.6 Å². The van der Waals surface area contributed by atoms with Gasteiger partial charge in [-0.3, -0.25) is 4.90 Å². The van der Waals surface area contributed by atoms with Crippen LogP contribution >= 0.6 is 0 Å². The second kappa shape index (κ2) is 4.24. The molecule has 0 saturated carbocycles. The van der Waals surface area contributed by atoms with Crippen LogP contribution in [0.25, 0.3) is 0 Å². The molecule has 0 aromatic heterocycles. The molecule has 12 heavy (non-hydrogen) atoms. The van der Waals surface area contributed by atoms with Gasteiger partial charge in [0.2, 0.25) is 0 Å². The lowest BCUT2D eigenvalue weighted by atomic mass is 10.1. The lowest BCUT2D eigenvalue weighted by Gasteiger charge is -2.29. The van der Waals surface area contributed by atoms with Gasteiger partial charge in [0.1, 0.15) is 0 Å². The van der Waals surface area contributed by atoms with Crippen molar-refractivity contribution < 1.29 is 4.74 Å². The summed E-state index contributed by atoms with van der Waals surface area (Å²) in [7, 11) is 0. The van der Waals surface area contributed by atoms with E-state index in [1.807, 2.05) is 0 Å². The molecule has 0 bridgehead atoms. The summed E-state index contributed by atoms with van der Waals surface area (Å²) in [5.41, 5.74) is 0.0114. The molecule has 1 fully saturated rings. The zero-order valence-corrected chi connectivity index (χ0v) is 8.60. The maximum Gasteiger partial charge on any atom is 0.0997 e. The van der Waals surface area contributed by atoms with Gasteiger partial charge in [0, 0.05) is 13.1 Å². The fourth-order valence-electron chi connectivity index (χ4n) is 1.37. The Bertz CT molecular complexity index is 122. The third kappa shape index (κ3) is 4.07. The van der Waals surface area contributed by atoms with Gasteiger partial charge in [-0.05, 0) is 33.6 Å². The first-order valence-electron chi connectivity index (χ1n) is 4.94. The number of rotatable bonds is 2. The number of likely N-dealkylation sites (tertiary alicyclic amines) is 1. The highest BCUT2D eigenvalue weighted by molar-refractivity contribution is 4.63. The van der Waals surface area contributed by atoms with E-state index in [-0.39, 0.29) is 5.60 Å². The Morgan fingerprint density at radius 1 is 1.08 bits per heavy atom. The third-order valence-electron chi connectivity index (χ3n) is 2.13. The van der Waals surface area contributed by atoms with E-state index in [9.17, 15) is 0 Å². The summed E-state index contributed by atoms with van der Waals surface area (Å²) in [4.78, 5) is 2.40. The molecule has 72 valence electrons. The predicted molar refractivity (Wildman–Crippen MR) is 51.1 cm³/mol. The van der Waals surface area contributed by atoms with Gasteiger partial charge in [-0.25, -0.2) is 0 Å². The van der Waals surface area contributed by atoms with E-state index in [4.69, 9.17) is 4.74 Å². The Morgan fingerprint density at radius 3 is 2.17 bits per heavy atom. The number of piperidine rings is 1. The van der Waals surface area contributed by atoms with Crippen LogP contribution < -0.4 is 0 Å². The molecule has 0 amide bonds. The molecule has 0 aromatic carbocycles. The van der Waals surface area contributed by atoms with Gasteiger partial charge < -0.3 is 4.74 Å². The summed E-state index contributed by atoms with van der Waals surface area (Å²) in [6.07, 6.45) is 4.08. The average molecular weight is 171 g/mol. The molecule has 1 rings (SSSR count). The van der Waals surface area contributed by atoms with E-state index in [1.165, 1.54) is 32.4 Å². The maximum absolute atomic E-state index is 5.69. The second-order valence-corrected chi connectivity index (χ2v) is 4.56. The van der Waals surface area contributed by atoms with E-state index in [0.717, 1.165) is 6.73 Å². The van der Waals surface area contributed by atoms with E-state index in [0.29, 0.717) is 0 Å². The molecule has 1 aliphatic heterocycles. The van der Waals surface area contributed by atoms with E-state index in [1.54, 1.807) is 0 Å². The summed E-state index contributed by atoms with van der Waals surface area (Å²) in [6, 6.07) is 0. The van der Waals surface area contributed by atoms with Crippen LogP contribution in [0, 0.1) is 0 Å². The SMILES string of the molecule is CC(C)(C)OCN1CCCCC1. The second-order valence-electron chi connectivity index (χ2n) is 4.56. The molecule has 1 saturated heterocycles. The zero-order chi connectivity index (χ0) is 9.03. The normalized spacial score (nSPS) is 21.2. The lowest BCUT2D eigenvalue weighted by Crippen LogP contribution is -2.35. The molecule has 0 atom stereocenters. The minimum Gasteiger partial charge on any atom is -0.360 e. The Balaban J connectivity index is 2.13. The van der Waals surface area contributed by atoms with Crippen molar-refractivity contribution in [1.29, 1.82) is 0 Å². The molecule has 0 unspecified atom stereocenters. The van der Waals surface area contributed by atoms with Gasteiger partial charge in [-0.1, -0.05) is 6.42 Å². The van der Waals surface area contributed by atoms with Gasteiger partial charge >= 0.3 is 0 Å². The van der Waals surface area contributed by atoms with Gasteiger partial charge in [-0.2, -0.15) is 0 Å². The van der Waals surface area contributed by atoms with E-state index < -0.39 is 0 Å². The smallest absolute Gasteiger partial charge is 0.0997 e. The number of hydrogen-bond acceptors (Lipinski definition) is 2. The predicted octanol–water partition coefficient (Wildman–Crippen LogP) is 2.24. The zero-order valence-electron chi connectivity index (χ0n) is 8.60. The van der Waals surface area contributed by atoms with Crippen LogP contribution in [0.2, 0.25) is 0 Å². The van der Waals surface area contributed by atoms with Crippen LogP contribution in [-0.4, -0.2) is 30.3 Å². The van der Waals surface area contributed by atoms with Gasteiger partial charge in [0.25, 0.3) is 0 Å². The monoisotopic (exact) mass is 171 g/mol. The summed E-state index contributed by atoms with van der Waals surface area (Å²) in [5, 5.41) is 0. The molecule has 0 aromatic rings. The Kier molecular flexibility index (Phi) is 3.53. The first-order chi connectivity index (χ1) is 5.58.